The van der Waals surface area contributed by atoms with Crippen molar-refractivity contribution >= 4 is 22.1 Å². The van der Waals surface area contributed by atoms with Gasteiger partial charge in [-0.15, -0.1) is 11.3 Å². The van der Waals surface area contributed by atoms with Crippen molar-refractivity contribution in [1.29, 1.82) is 0 Å². The van der Waals surface area contributed by atoms with E-state index in [2.05, 4.69) is 27.9 Å². The number of nitrogens with zero attached hydrogens (tertiary/aromatic N) is 3. The number of rotatable bonds is 5. The summed E-state index contributed by atoms with van der Waals surface area (Å²) in [4.78, 5) is 8.02. The van der Waals surface area contributed by atoms with Gasteiger partial charge >= 0.3 is 0 Å². The summed E-state index contributed by atoms with van der Waals surface area (Å²) in [6.07, 6.45) is 5.57. The molecule has 2 N–H and O–H groups in total. The highest BCUT2D eigenvalue weighted by Gasteiger charge is 2.22. The molecule has 3 rings (SSSR count). The molecule has 2 aromatic heterocycles. The maximum absolute atomic E-state index is 6.00. The lowest BCUT2D eigenvalue weighted by Gasteiger charge is -2.22. The van der Waals surface area contributed by atoms with E-state index in [1.54, 1.807) is 11.3 Å². The van der Waals surface area contributed by atoms with Crippen molar-refractivity contribution in [2.24, 2.45) is 5.73 Å². The van der Waals surface area contributed by atoms with Crippen LogP contribution in [0.3, 0.4) is 0 Å². The maximum Gasteiger partial charge on any atom is 0.195 e. The summed E-state index contributed by atoms with van der Waals surface area (Å²) in [7, 11) is 2.10. The van der Waals surface area contributed by atoms with Crippen molar-refractivity contribution in [2.45, 2.75) is 38.3 Å². The molecule has 3 heterocycles. The van der Waals surface area contributed by atoms with E-state index in [0.717, 1.165) is 36.8 Å². The Balaban J connectivity index is 1.86. The predicted octanol–water partition coefficient (Wildman–Crippen LogP) is 1.90. The lowest BCUT2D eigenvalue weighted by Crippen LogP contribution is -2.30. The smallest absolute Gasteiger partial charge is 0.195 e. The normalized spacial score (nSPS) is 20.6. The molecule has 1 fully saturated rings. The highest BCUT2D eigenvalue weighted by Crippen LogP contribution is 2.26. The van der Waals surface area contributed by atoms with Crippen LogP contribution in [0.5, 0.6) is 0 Å². The van der Waals surface area contributed by atoms with Crippen LogP contribution >= 0.6 is 11.3 Å². The van der Waals surface area contributed by atoms with Gasteiger partial charge in [-0.25, -0.2) is 4.98 Å². The number of fused-ring (bicyclic) bond motifs is 1. The molecule has 20 heavy (non-hydrogen) atoms. The fraction of sp³-hybridized carbons (Fsp3) is 0.643. The minimum absolute atomic E-state index is 0.129. The Bertz CT molecular complexity index is 571. The summed E-state index contributed by atoms with van der Waals surface area (Å²) in [6, 6.07) is 0.129. The number of thiazole rings is 1. The second kappa shape index (κ2) is 5.71. The SMILES string of the molecule is CC(N)Cc1c(N(C)CC2CCCO2)nc2sccn12. The molecule has 110 valence electrons. The first-order chi connectivity index (χ1) is 9.65. The molecule has 0 radical (unpaired) electrons. The summed E-state index contributed by atoms with van der Waals surface area (Å²) in [6.45, 7) is 3.83. The van der Waals surface area contributed by atoms with E-state index in [9.17, 15) is 0 Å². The second-order valence-electron chi connectivity index (χ2n) is 5.63. The number of ether oxygens (including phenoxy) is 1. The van der Waals surface area contributed by atoms with Crippen molar-refractivity contribution in [3.63, 3.8) is 0 Å². The van der Waals surface area contributed by atoms with Gasteiger partial charge < -0.3 is 15.4 Å². The van der Waals surface area contributed by atoms with Crippen molar-refractivity contribution in [2.75, 3.05) is 25.1 Å². The van der Waals surface area contributed by atoms with E-state index < -0.39 is 0 Å². The van der Waals surface area contributed by atoms with Gasteiger partial charge in [0.2, 0.25) is 0 Å². The van der Waals surface area contributed by atoms with Crippen molar-refractivity contribution < 1.29 is 4.74 Å². The van der Waals surface area contributed by atoms with Crippen LogP contribution in [0.15, 0.2) is 11.6 Å². The third-order valence-electron chi connectivity index (χ3n) is 3.72. The zero-order chi connectivity index (χ0) is 14.1. The Morgan fingerprint density at radius 2 is 2.50 bits per heavy atom. The molecule has 1 aliphatic rings. The minimum Gasteiger partial charge on any atom is -0.376 e. The third kappa shape index (κ3) is 2.68. The first-order valence-electron chi connectivity index (χ1n) is 7.18. The Labute approximate surface area is 123 Å². The van der Waals surface area contributed by atoms with Gasteiger partial charge in [0.15, 0.2) is 10.8 Å². The van der Waals surface area contributed by atoms with Crippen molar-refractivity contribution in [3.8, 4) is 0 Å². The molecular weight excluding hydrogens is 272 g/mol. The predicted molar refractivity (Wildman–Crippen MR) is 82.7 cm³/mol. The molecule has 0 bridgehead atoms. The minimum atomic E-state index is 0.129. The third-order valence-corrected chi connectivity index (χ3v) is 4.47. The number of likely N-dealkylation sites (N-methyl/N-ethyl adjacent to an activating group) is 1. The number of aromatic nitrogens is 2. The van der Waals surface area contributed by atoms with Gasteiger partial charge in [-0.1, -0.05) is 0 Å². The fourth-order valence-electron chi connectivity index (χ4n) is 2.80. The van der Waals surface area contributed by atoms with E-state index in [-0.39, 0.29) is 6.04 Å². The Kier molecular flexibility index (Phi) is 3.96. The Morgan fingerprint density at radius 3 is 3.20 bits per heavy atom. The van der Waals surface area contributed by atoms with Crippen molar-refractivity contribution in [3.05, 3.63) is 17.3 Å². The van der Waals surface area contributed by atoms with Crippen LogP contribution in [0.2, 0.25) is 0 Å². The summed E-state index contributed by atoms with van der Waals surface area (Å²) in [5, 5.41) is 2.07. The quantitative estimate of drug-likeness (QED) is 0.915. The molecule has 0 aromatic carbocycles. The Hall–Kier alpha value is -1.11. The number of imidazole rings is 1. The highest BCUT2D eigenvalue weighted by molar-refractivity contribution is 7.15. The molecule has 0 aliphatic carbocycles. The molecule has 6 heteroatoms. The summed E-state index contributed by atoms with van der Waals surface area (Å²) < 4.78 is 7.89. The summed E-state index contributed by atoms with van der Waals surface area (Å²) >= 11 is 1.66. The van der Waals surface area contributed by atoms with Gasteiger partial charge in [0.25, 0.3) is 0 Å². The largest absolute Gasteiger partial charge is 0.376 e. The van der Waals surface area contributed by atoms with E-state index >= 15 is 0 Å². The highest BCUT2D eigenvalue weighted by atomic mass is 32.1. The first kappa shape index (κ1) is 13.9. The molecule has 1 saturated heterocycles. The average molecular weight is 294 g/mol. The van der Waals surface area contributed by atoms with Crippen LogP contribution < -0.4 is 10.6 Å². The number of hydrogen-bond acceptors (Lipinski definition) is 5. The molecule has 0 amide bonds. The molecule has 2 aromatic rings. The van der Waals surface area contributed by atoms with Crippen LogP contribution in [-0.4, -0.2) is 41.7 Å². The zero-order valence-electron chi connectivity index (χ0n) is 12.1. The van der Waals surface area contributed by atoms with Crippen LogP contribution in [0.25, 0.3) is 4.96 Å². The second-order valence-corrected chi connectivity index (χ2v) is 6.51. The summed E-state index contributed by atoms with van der Waals surface area (Å²) in [5.41, 5.74) is 7.20. The van der Waals surface area contributed by atoms with Gasteiger partial charge in [-0.05, 0) is 19.8 Å². The van der Waals surface area contributed by atoms with Crippen LogP contribution in [0.4, 0.5) is 5.82 Å². The monoisotopic (exact) mass is 294 g/mol. The van der Waals surface area contributed by atoms with Crippen LogP contribution in [-0.2, 0) is 11.2 Å². The van der Waals surface area contributed by atoms with Gasteiger partial charge in [0.1, 0.15) is 0 Å². The van der Waals surface area contributed by atoms with Gasteiger partial charge in [-0.3, -0.25) is 4.40 Å². The summed E-state index contributed by atoms with van der Waals surface area (Å²) in [5.74, 6) is 1.05. The topological polar surface area (TPSA) is 55.8 Å². The molecular formula is C14H22N4OS. The molecule has 2 atom stereocenters. The van der Waals surface area contributed by atoms with Crippen LogP contribution in [0, 0.1) is 0 Å². The molecule has 2 unspecified atom stereocenters. The van der Waals surface area contributed by atoms with E-state index in [1.165, 1.54) is 12.1 Å². The zero-order valence-corrected chi connectivity index (χ0v) is 12.9. The molecule has 0 saturated carbocycles. The lowest BCUT2D eigenvalue weighted by atomic mass is 10.2. The standard InChI is InChI=1S/C14H22N4OS/c1-10(15)8-12-13(16-14-18(12)5-7-20-14)17(2)9-11-4-3-6-19-11/h5,7,10-11H,3-4,6,8-9,15H2,1-2H3. The van der Waals surface area contributed by atoms with Gasteiger partial charge in [0, 0.05) is 44.2 Å². The lowest BCUT2D eigenvalue weighted by molar-refractivity contribution is 0.116. The molecule has 5 nitrogen and oxygen atoms in total. The van der Waals surface area contributed by atoms with E-state index in [1.807, 2.05) is 6.92 Å². The number of hydrogen-bond donors (Lipinski definition) is 1. The van der Waals surface area contributed by atoms with E-state index in [4.69, 9.17) is 15.5 Å². The first-order valence-corrected chi connectivity index (χ1v) is 8.06. The van der Waals surface area contributed by atoms with Gasteiger partial charge in [0.05, 0.1) is 11.8 Å². The Morgan fingerprint density at radius 1 is 1.65 bits per heavy atom. The van der Waals surface area contributed by atoms with Gasteiger partial charge in [-0.2, -0.15) is 0 Å². The maximum atomic E-state index is 6.00. The van der Waals surface area contributed by atoms with Crippen molar-refractivity contribution in [1.82, 2.24) is 9.38 Å². The van der Waals surface area contributed by atoms with Crippen LogP contribution in [0.1, 0.15) is 25.5 Å². The number of anilines is 1. The molecule has 0 spiro atoms. The van der Waals surface area contributed by atoms with E-state index in [0.29, 0.717) is 6.10 Å². The molecule has 1 aliphatic heterocycles. The fourth-order valence-corrected chi connectivity index (χ4v) is 3.53. The number of nitrogens with two attached hydrogens (primary N) is 1. The average Bonchev–Trinajstić information content (AvgIpc) is 3.06.